The minimum absolute atomic E-state index is 0.0591. The van der Waals surface area contributed by atoms with Crippen molar-refractivity contribution in [2.24, 2.45) is 139 Å². The third kappa shape index (κ3) is 11.5. The average Bonchev–Trinajstić information content (AvgIpc) is 1.35. The lowest BCUT2D eigenvalue weighted by atomic mass is 9.43. The molecule has 30 atom stereocenters. The zero-order chi connectivity index (χ0) is 60.8. The van der Waals surface area contributed by atoms with Crippen molar-refractivity contribution < 1.29 is 60.3 Å². The molecule has 12 heteroatoms. The molecule has 12 nitrogen and oxygen atoms in total. The Morgan fingerprint density at radius 2 is 0.798 bits per heavy atom. The summed E-state index contributed by atoms with van der Waals surface area (Å²) in [7, 11) is 0. The Balaban J connectivity index is 0.000000140. The van der Waals surface area contributed by atoms with Crippen molar-refractivity contribution in [1.82, 2.24) is 0 Å². The lowest BCUT2D eigenvalue weighted by molar-refractivity contribution is -0.175. The van der Waals surface area contributed by atoms with Crippen molar-refractivity contribution in [2.75, 3.05) is 0 Å². The molecule has 0 bridgehead atoms. The van der Waals surface area contributed by atoms with E-state index in [-0.39, 0.29) is 88.9 Å². The molecule has 84 heavy (non-hydrogen) atoms. The summed E-state index contributed by atoms with van der Waals surface area (Å²) in [4.78, 5) is 33.2. The number of hydrogen-bond donors (Lipinski definition) is 9. The van der Waals surface area contributed by atoms with E-state index in [4.69, 9.17) is 15.3 Å². The zero-order valence-corrected chi connectivity index (χ0v) is 53.8. The first-order valence-corrected chi connectivity index (χ1v) is 35.2. The van der Waals surface area contributed by atoms with Gasteiger partial charge in [0.15, 0.2) is 0 Å². The van der Waals surface area contributed by atoms with Crippen molar-refractivity contribution in [1.29, 1.82) is 0 Å². The summed E-state index contributed by atoms with van der Waals surface area (Å²) >= 11 is 0. The van der Waals surface area contributed by atoms with Crippen LogP contribution in [0.4, 0.5) is 0 Å². The molecular formula is C72H120O12. The highest BCUT2D eigenvalue weighted by molar-refractivity contribution is 5.67. The molecule has 0 aliphatic heterocycles. The normalized spacial score (nSPS) is 51.7. The molecule has 0 heterocycles. The summed E-state index contributed by atoms with van der Waals surface area (Å²) < 4.78 is 0. The van der Waals surface area contributed by atoms with Gasteiger partial charge in [-0.25, -0.2) is 0 Å². The Labute approximate surface area is 506 Å². The SMILES string of the molecule is C[C@H](CCC(=O)O)[C@H]1CC[C@H]2[C@@H]3CC[C@@H]4C[C@H](O)CC[C@]4(C)[C@H]3C[C@H](O)[C@]12C.C[C@H](CCC(=O)O)[C@H]1CC[C@H]2[C@@H]3C[C@H](O)[C@@H]4C[C@H](O)CC[C@]4(C)[C@H]3CC[C@]12C.C[C@H](CCC(=O)O)[C@H]1CC[C@H]2[C@@H]3[C@H](O)C[C@@H]4C[C@H](O)CC[C@]4(C)[C@H]3CC[C@]12C. The van der Waals surface area contributed by atoms with Crippen molar-refractivity contribution in [3.05, 3.63) is 0 Å². The van der Waals surface area contributed by atoms with E-state index in [1.807, 2.05) is 0 Å². The second-order valence-corrected chi connectivity index (χ2v) is 34.0. The smallest absolute Gasteiger partial charge is 0.303 e. The quantitative estimate of drug-likeness (QED) is 0.0888. The fourth-order valence-electron chi connectivity index (χ4n) is 26.2. The maximum Gasteiger partial charge on any atom is 0.303 e. The Hall–Kier alpha value is -1.83. The Morgan fingerprint density at radius 3 is 1.37 bits per heavy atom. The highest BCUT2D eigenvalue weighted by Gasteiger charge is 2.67. The van der Waals surface area contributed by atoms with Crippen LogP contribution in [0.2, 0.25) is 0 Å². The van der Waals surface area contributed by atoms with Crippen molar-refractivity contribution in [2.45, 2.75) is 292 Å². The van der Waals surface area contributed by atoms with Crippen LogP contribution in [-0.2, 0) is 14.4 Å². The molecule has 480 valence electrons. The Morgan fingerprint density at radius 1 is 0.369 bits per heavy atom. The number of aliphatic hydroxyl groups excluding tert-OH is 6. The van der Waals surface area contributed by atoms with Crippen LogP contribution in [0.3, 0.4) is 0 Å². The lowest BCUT2D eigenvalue weighted by Gasteiger charge is -2.62. The van der Waals surface area contributed by atoms with Gasteiger partial charge >= 0.3 is 17.9 Å². The van der Waals surface area contributed by atoms with Crippen LogP contribution in [0, 0.1) is 139 Å². The van der Waals surface area contributed by atoms with E-state index in [2.05, 4.69) is 62.3 Å². The summed E-state index contributed by atoms with van der Waals surface area (Å²) in [5.41, 5.74) is 1.22. The molecule has 0 aromatic carbocycles. The second kappa shape index (κ2) is 24.8. The fraction of sp³-hybridized carbons (Fsp3) is 0.958. The van der Waals surface area contributed by atoms with Crippen LogP contribution >= 0.6 is 0 Å². The molecule has 12 fully saturated rings. The van der Waals surface area contributed by atoms with E-state index in [1.165, 1.54) is 70.6 Å². The number of aliphatic hydroxyl groups is 6. The minimum Gasteiger partial charge on any atom is -0.481 e. The first-order valence-electron chi connectivity index (χ1n) is 35.2. The summed E-state index contributed by atoms with van der Waals surface area (Å²) in [6.45, 7) is 21.3. The van der Waals surface area contributed by atoms with Crippen LogP contribution in [0.25, 0.3) is 0 Å². The third-order valence-corrected chi connectivity index (χ3v) is 30.8. The van der Waals surface area contributed by atoms with E-state index in [9.17, 15) is 45.0 Å². The van der Waals surface area contributed by atoms with Crippen molar-refractivity contribution in [3.8, 4) is 0 Å². The zero-order valence-electron chi connectivity index (χ0n) is 53.8. The largest absolute Gasteiger partial charge is 0.481 e. The molecule has 12 aliphatic rings. The van der Waals surface area contributed by atoms with Gasteiger partial charge in [-0.15, -0.1) is 0 Å². The van der Waals surface area contributed by atoms with Gasteiger partial charge < -0.3 is 46.0 Å². The molecule has 0 aromatic heterocycles. The van der Waals surface area contributed by atoms with E-state index in [1.54, 1.807) is 0 Å². The molecule has 0 spiro atoms. The van der Waals surface area contributed by atoms with Gasteiger partial charge in [0.25, 0.3) is 0 Å². The van der Waals surface area contributed by atoms with Crippen LogP contribution in [0.1, 0.15) is 255 Å². The average molecular weight is 1180 g/mol. The summed E-state index contributed by atoms with van der Waals surface area (Å²) in [6, 6.07) is 0. The number of hydrogen-bond acceptors (Lipinski definition) is 9. The number of carboxylic acids is 3. The summed E-state index contributed by atoms with van der Waals surface area (Å²) in [5.74, 6) is 7.52. The predicted molar refractivity (Wildman–Crippen MR) is 326 cm³/mol. The molecule has 0 aromatic rings. The molecular weight excluding hydrogens is 1060 g/mol. The van der Waals surface area contributed by atoms with Crippen molar-refractivity contribution in [3.63, 3.8) is 0 Å². The summed E-state index contributed by atoms with van der Waals surface area (Å²) in [5, 5.41) is 91.7. The third-order valence-electron chi connectivity index (χ3n) is 30.8. The molecule has 0 radical (unpaired) electrons. The van der Waals surface area contributed by atoms with Crippen LogP contribution < -0.4 is 0 Å². The number of carbonyl (C=O) groups is 3. The molecule has 12 saturated carbocycles. The first kappa shape index (κ1) is 65.1. The highest BCUT2D eigenvalue weighted by Crippen LogP contribution is 2.72. The molecule has 9 N–H and O–H groups in total. The Kier molecular flexibility index (Phi) is 19.2. The van der Waals surface area contributed by atoms with Gasteiger partial charge in [0.2, 0.25) is 0 Å². The standard InChI is InChI=1S/3C24H40O4/c1-14(4-9-22(27)28)18-7-8-19-17-6-5-15-12-16(25)10-11-23(15,2)20(17)13-21(26)24(18,19)3;1-14(4-7-21(27)28)17-5-6-18-22-19(9-11-24(17,18)3)23(2)10-8-16(25)12-15(23)13-20(22)26;1-14(4-7-22(27)28)17-5-6-18-16-13-21(26)20-12-15(25)8-10-24(20,3)19(16)9-11-23(17,18)2/h14-21,25-26H,4-13H2,1-3H3,(H,27,28);14-20,22,25-26H,4-13H2,1-3H3,(H,27,28);14-21,25-26H,4-13H2,1-3H3,(H,27,28)/t14-,15-,16-,17+,18-,19+,20+,21+,23+,24-;14-,15+,16-,17-,18+,19+,20-,22+,23+,24-;14-,15-,16+,17-,18+,19+,20+,21+,23-,24-/m111/s1. The molecule has 12 aliphatic carbocycles. The first-order chi connectivity index (χ1) is 39.5. The molecule has 0 saturated heterocycles. The van der Waals surface area contributed by atoms with Crippen LogP contribution in [0.5, 0.6) is 0 Å². The molecule has 12 rings (SSSR count). The predicted octanol–water partition coefficient (Wildman–Crippen LogP) is 13.4. The maximum absolute atomic E-state index is 11.5. The maximum atomic E-state index is 11.5. The van der Waals surface area contributed by atoms with Gasteiger partial charge in [0, 0.05) is 19.3 Å². The topological polar surface area (TPSA) is 233 Å². The van der Waals surface area contributed by atoms with Gasteiger partial charge in [0.05, 0.1) is 36.6 Å². The monoisotopic (exact) mass is 1180 g/mol. The summed E-state index contributed by atoms with van der Waals surface area (Å²) in [6.07, 6.45) is 27.6. The number of rotatable bonds is 12. The number of carboxylic acid groups (broad SMARTS) is 3. The van der Waals surface area contributed by atoms with E-state index < -0.39 is 17.9 Å². The lowest BCUT2D eigenvalue weighted by Crippen LogP contribution is -2.58. The van der Waals surface area contributed by atoms with Gasteiger partial charge in [-0.05, 0) is 312 Å². The highest BCUT2D eigenvalue weighted by atomic mass is 16.4. The fourth-order valence-corrected chi connectivity index (χ4v) is 26.2. The second-order valence-electron chi connectivity index (χ2n) is 34.0. The van der Waals surface area contributed by atoms with E-state index in [0.29, 0.717) is 106 Å². The van der Waals surface area contributed by atoms with Gasteiger partial charge in [-0.3, -0.25) is 14.4 Å². The van der Waals surface area contributed by atoms with E-state index in [0.717, 1.165) is 103 Å². The Bertz CT molecular complexity index is 2300. The van der Waals surface area contributed by atoms with Crippen LogP contribution in [-0.4, -0.2) is 100 Å². The van der Waals surface area contributed by atoms with Gasteiger partial charge in [0.1, 0.15) is 0 Å². The van der Waals surface area contributed by atoms with Gasteiger partial charge in [-0.1, -0.05) is 62.3 Å². The molecule has 0 amide bonds. The number of fused-ring (bicyclic) bond motifs is 15. The van der Waals surface area contributed by atoms with Gasteiger partial charge in [-0.2, -0.15) is 0 Å². The van der Waals surface area contributed by atoms with Crippen LogP contribution in [0.15, 0.2) is 0 Å². The number of aliphatic carboxylic acids is 3. The van der Waals surface area contributed by atoms with E-state index >= 15 is 0 Å². The molecule has 0 unspecified atom stereocenters. The minimum atomic E-state index is -0.707. The van der Waals surface area contributed by atoms with Crippen molar-refractivity contribution >= 4 is 17.9 Å².